The summed E-state index contributed by atoms with van der Waals surface area (Å²) in [6, 6.07) is 5.77. The topological polar surface area (TPSA) is 108 Å². The van der Waals surface area contributed by atoms with Crippen LogP contribution in [0.15, 0.2) is 24.4 Å². The number of rotatable bonds is 3. The molecule has 2 bridgehead atoms. The number of nitrogens with one attached hydrogen (secondary N) is 1. The number of aromatic carboxylic acids is 1. The number of likely N-dealkylation sites (N-methyl/N-ethyl adjacent to an activating group) is 1. The van der Waals surface area contributed by atoms with Gasteiger partial charge in [0, 0.05) is 26.2 Å². The molecule has 5 heterocycles. The van der Waals surface area contributed by atoms with Gasteiger partial charge in [-0.05, 0) is 43.0 Å². The van der Waals surface area contributed by atoms with Crippen LogP contribution in [0.4, 0.5) is 17.3 Å². The fraction of sp³-hybridized carbons (Fsp3) is 0.400. The van der Waals surface area contributed by atoms with Gasteiger partial charge in [-0.15, -0.1) is 0 Å². The number of nitrogens with zero attached hydrogens (tertiary/aromatic N) is 4. The van der Waals surface area contributed by atoms with Crippen LogP contribution >= 0.6 is 0 Å². The van der Waals surface area contributed by atoms with Crippen molar-refractivity contribution >= 4 is 29.7 Å². The Labute approximate surface area is 168 Å². The number of carboxylic acids is 1. The van der Waals surface area contributed by atoms with E-state index in [0.29, 0.717) is 18.3 Å². The molecule has 1 unspecified atom stereocenters. The summed E-state index contributed by atoms with van der Waals surface area (Å²) in [5.74, 6) is 1.25. The fourth-order valence-corrected chi connectivity index (χ4v) is 3.91. The summed E-state index contributed by atoms with van der Waals surface area (Å²) in [7, 11) is 1.99. The van der Waals surface area contributed by atoms with Crippen molar-refractivity contribution in [2.45, 2.75) is 25.3 Å². The van der Waals surface area contributed by atoms with Gasteiger partial charge >= 0.3 is 5.97 Å². The van der Waals surface area contributed by atoms with Crippen molar-refractivity contribution in [2.24, 2.45) is 0 Å². The third-order valence-corrected chi connectivity index (χ3v) is 5.46. The van der Waals surface area contributed by atoms with Gasteiger partial charge in [-0.3, -0.25) is 4.79 Å². The molecule has 1 amide bonds. The molecule has 3 aliphatic rings. The lowest BCUT2D eigenvalue weighted by atomic mass is 10.1. The van der Waals surface area contributed by atoms with Crippen LogP contribution in [0.1, 0.15) is 28.9 Å². The number of hydrogen-bond donors (Lipinski definition) is 2. The van der Waals surface area contributed by atoms with E-state index in [1.54, 1.807) is 12.3 Å². The Bertz CT molecular complexity index is 935. The van der Waals surface area contributed by atoms with Crippen LogP contribution in [0.5, 0.6) is 5.75 Å². The molecule has 0 spiro atoms. The maximum Gasteiger partial charge on any atom is 0.354 e. The molecule has 0 aliphatic carbocycles. The van der Waals surface area contributed by atoms with E-state index in [-0.39, 0.29) is 5.69 Å². The van der Waals surface area contributed by atoms with Crippen LogP contribution in [0, 0.1) is 0 Å². The molecule has 0 saturated carbocycles. The quantitative estimate of drug-likeness (QED) is 0.755. The Kier molecular flexibility index (Phi) is 5.20. The summed E-state index contributed by atoms with van der Waals surface area (Å²) in [6.45, 7) is 2.82. The summed E-state index contributed by atoms with van der Waals surface area (Å²) in [6.07, 6.45) is 5.41. The van der Waals surface area contributed by atoms with Crippen molar-refractivity contribution in [3.8, 4) is 5.75 Å². The zero-order chi connectivity index (χ0) is 20.4. The Balaban J connectivity index is 0.000000145. The molecule has 2 N–H and O–H groups in total. The third kappa shape index (κ3) is 3.80. The molecule has 1 fully saturated rings. The summed E-state index contributed by atoms with van der Waals surface area (Å²) in [5.41, 5.74) is 2.29. The van der Waals surface area contributed by atoms with Crippen molar-refractivity contribution in [3.63, 3.8) is 0 Å². The molecular formula is C20H23N5O4. The number of aryl methyl sites for hydroxylation is 1. The minimum atomic E-state index is -0.968. The minimum Gasteiger partial charge on any atom is -0.492 e. The zero-order valence-electron chi connectivity index (χ0n) is 16.2. The Morgan fingerprint density at radius 1 is 1.41 bits per heavy atom. The molecule has 3 aliphatic heterocycles. The number of carbonyl (C=O) groups excluding carboxylic acids is 1. The summed E-state index contributed by atoms with van der Waals surface area (Å²) < 4.78 is 5.38. The van der Waals surface area contributed by atoms with Crippen molar-refractivity contribution in [1.82, 2.24) is 9.97 Å². The van der Waals surface area contributed by atoms with Gasteiger partial charge in [-0.2, -0.15) is 0 Å². The van der Waals surface area contributed by atoms with E-state index in [1.807, 2.05) is 19.2 Å². The van der Waals surface area contributed by atoms with Crippen LogP contribution in [-0.2, 0) is 11.2 Å². The lowest BCUT2D eigenvalue weighted by Gasteiger charge is -2.34. The number of aromatic nitrogens is 2. The predicted molar refractivity (Wildman–Crippen MR) is 108 cm³/mol. The van der Waals surface area contributed by atoms with Crippen LogP contribution in [0.2, 0.25) is 0 Å². The number of anilines is 3. The molecular weight excluding hydrogens is 374 g/mol. The molecule has 9 heteroatoms. The number of carboxylic acid groups (broad SMARTS) is 1. The van der Waals surface area contributed by atoms with E-state index in [4.69, 9.17) is 9.84 Å². The van der Waals surface area contributed by atoms with E-state index in [9.17, 15) is 9.59 Å². The van der Waals surface area contributed by atoms with Crippen LogP contribution in [-0.4, -0.2) is 60.2 Å². The van der Waals surface area contributed by atoms with Crippen LogP contribution in [0.25, 0.3) is 0 Å². The number of pyridine rings is 2. The fourth-order valence-electron chi connectivity index (χ4n) is 3.91. The Hall–Kier alpha value is -3.36. The highest BCUT2D eigenvalue weighted by atomic mass is 16.5. The number of ether oxygens (including phenoxy) is 1. The maximum absolute atomic E-state index is 10.9. The first-order chi connectivity index (χ1) is 14.1. The van der Waals surface area contributed by atoms with Crippen LogP contribution < -0.4 is 19.9 Å². The van der Waals surface area contributed by atoms with Crippen molar-refractivity contribution in [3.05, 3.63) is 35.7 Å². The molecule has 5 rings (SSSR count). The largest absolute Gasteiger partial charge is 0.492 e. The van der Waals surface area contributed by atoms with Gasteiger partial charge in [-0.1, -0.05) is 0 Å². The molecule has 1 atom stereocenters. The smallest absolute Gasteiger partial charge is 0.354 e. The van der Waals surface area contributed by atoms with E-state index in [1.165, 1.54) is 0 Å². The van der Waals surface area contributed by atoms with E-state index in [0.717, 1.165) is 61.8 Å². The third-order valence-electron chi connectivity index (χ3n) is 5.46. The SMILES string of the molecule is CN1c2nc(C(=O)O)ccc2N2CCC1C2.O=CNc1cc2c(cn1)OCCC2. The van der Waals surface area contributed by atoms with Gasteiger partial charge in [0.05, 0.1) is 18.5 Å². The maximum atomic E-state index is 10.9. The second-order valence-corrected chi connectivity index (χ2v) is 7.24. The molecule has 152 valence electrons. The first-order valence-corrected chi connectivity index (χ1v) is 9.61. The Morgan fingerprint density at radius 3 is 3.07 bits per heavy atom. The average Bonchev–Trinajstić information content (AvgIpc) is 3.19. The molecule has 0 radical (unpaired) electrons. The second-order valence-electron chi connectivity index (χ2n) is 7.24. The first-order valence-electron chi connectivity index (χ1n) is 9.61. The first kappa shape index (κ1) is 19.0. The molecule has 9 nitrogen and oxygen atoms in total. The number of amides is 1. The lowest BCUT2D eigenvalue weighted by molar-refractivity contribution is -0.105. The van der Waals surface area contributed by atoms with Crippen molar-refractivity contribution in [2.75, 3.05) is 41.9 Å². The number of fused-ring (bicyclic) bond motifs is 5. The summed E-state index contributed by atoms with van der Waals surface area (Å²) >= 11 is 0. The molecule has 1 saturated heterocycles. The van der Waals surface area contributed by atoms with Crippen LogP contribution in [0.3, 0.4) is 0 Å². The van der Waals surface area contributed by atoms with E-state index < -0.39 is 5.97 Å². The zero-order valence-corrected chi connectivity index (χ0v) is 16.2. The predicted octanol–water partition coefficient (Wildman–Crippen LogP) is 1.78. The molecule has 2 aromatic heterocycles. The average molecular weight is 397 g/mol. The standard InChI is InChI=1S/C11H13N3O2.C9H10N2O2/c1-13-7-4-5-14(6-7)9-3-2-8(11(15)16)12-10(9)13;12-6-11-9-4-7-2-1-3-13-8(7)5-10-9/h2-3,7H,4-6H2,1H3,(H,15,16);4-6H,1-3H2,(H,10,11,12). The highest BCUT2D eigenvalue weighted by Gasteiger charge is 2.35. The number of carbonyl (C=O) groups is 2. The summed E-state index contributed by atoms with van der Waals surface area (Å²) in [4.78, 5) is 33.7. The van der Waals surface area contributed by atoms with Gasteiger partial charge < -0.3 is 25.0 Å². The van der Waals surface area contributed by atoms with E-state index >= 15 is 0 Å². The normalized spacial score (nSPS) is 18.6. The highest BCUT2D eigenvalue weighted by Crippen LogP contribution is 2.37. The molecule has 29 heavy (non-hydrogen) atoms. The van der Waals surface area contributed by atoms with Gasteiger partial charge in [0.1, 0.15) is 11.6 Å². The monoisotopic (exact) mass is 397 g/mol. The van der Waals surface area contributed by atoms with Gasteiger partial charge in [0.2, 0.25) is 6.41 Å². The van der Waals surface area contributed by atoms with Gasteiger partial charge in [0.15, 0.2) is 11.5 Å². The Morgan fingerprint density at radius 2 is 2.28 bits per heavy atom. The minimum absolute atomic E-state index is 0.119. The molecule has 2 aromatic rings. The van der Waals surface area contributed by atoms with Gasteiger partial charge in [0.25, 0.3) is 0 Å². The lowest BCUT2D eigenvalue weighted by Crippen LogP contribution is -2.40. The van der Waals surface area contributed by atoms with E-state index in [2.05, 4.69) is 25.1 Å². The summed E-state index contributed by atoms with van der Waals surface area (Å²) in [5, 5.41) is 11.4. The second kappa shape index (κ2) is 7.94. The molecule has 0 aromatic carbocycles. The van der Waals surface area contributed by atoms with Crippen molar-refractivity contribution < 1.29 is 19.4 Å². The van der Waals surface area contributed by atoms with Crippen molar-refractivity contribution in [1.29, 1.82) is 0 Å². The highest BCUT2D eigenvalue weighted by molar-refractivity contribution is 5.87. The van der Waals surface area contributed by atoms with Gasteiger partial charge in [-0.25, -0.2) is 14.8 Å². The number of hydrogen-bond acceptors (Lipinski definition) is 7.